The molecule has 1 heterocycles. The summed E-state index contributed by atoms with van der Waals surface area (Å²) in [6, 6.07) is 2.97. The van der Waals surface area contributed by atoms with Gasteiger partial charge in [-0.1, -0.05) is 6.92 Å². The SMILES string of the molecule is CCC(C)N(C)S(=O)(=O)c1cccnc1N. The fourth-order valence-corrected chi connectivity index (χ4v) is 2.77. The Bertz CT molecular complexity index is 459. The van der Waals surface area contributed by atoms with Gasteiger partial charge in [-0.15, -0.1) is 0 Å². The number of pyridine rings is 1. The highest BCUT2D eigenvalue weighted by Gasteiger charge is 2.26. The Kier molecular flexibility index (Phi) is 3.88. The predicted octanol–water partition coefficient (Wildman–Crippen LogP) is 1.08. The molecule has 0 aliphatic heterocycles. The Balaban J connectivity index is 3.17. The first-order chi connectivity index (χ1) is 7.41. The maximum absolute atomic E-state index is 12.2. The molecule has 1 aromatic rings. The quantitative estimate of drug-likeness (QED) is 0.858. The minimum absolute atomic E-state index is 0.0395. The van der Waals surface area contributed by atoms with Crippen LogP contribution in [0.15, 0.2) is 23.2 Å². The second-order valence-electron chi connectivity index (χ2n) is 3.67. The van der Waals surface area contributed by atoms with E-state index in [9.17, 15) is 8.42 Å². The van der Waals surface area contributed by atoms with Gasteiger partial charge in [-0.2, -0.15) is 4.31 Å². The van der Waals surface area contributed by atoms with Crippen LogP contribution in [0.1, 0.15) is 20.3 Å². The molecule has 0 fully saturated rings. The van der Waals surface area contributed by atoms with Crippen molar-refractivity contribution < 1.29 is 8.42 Å². The maximum Gasteiger partial charge on any atom is 0.246 e. The predicted molar refractivity (Wildman–Crippen MR) is 63.4 cm³/mol. The number of nitrogens with two attached hydrogens (primary N) is 1. The Hall–Kier alpha value is -1.14. The summed E-state index contributed by atoms with van der Waals surface area (Å²) in [5, 5.41) is 0. The van der Waals surface area contributed by atoms with Crippen LogP contribution >= 0.6 is 0 Å². The van der Waals surface area contributed by atoms with Crippen LogP contribution in [0.25, 0.3) is 0 Å². The summed E-state index contributed by atoms with van der Waals surface area (Å²) in [7, 11) is -1.98. The number of nitrogen functional groups attached to an aromatic ring is 1. The molecule has 0 spiro atoms. The van der Waals surface area contributed by atoms with Crippen LogP contribution in [0.4, 0.5) is 5.82 Å². The molecule has 1 aromatic heterocycles. The monoisotopic (exact) mass is 243 g/mol. The van der Waals surface area contributed by atoms with Gasteiger partial charge in [0.05, 0.1) is 0 Å². The molecule has 90 valence electrons. The molecule has 0 aliphatic carbocycles. The van der Waals surface area contributed by atoms with Gasteiger partial charge in [0, 0.05) is 19.3 Å². The number of sulfonamides is 1. The normalized spacial score (nSPS) is 14.0. The first kappa shape index (κ1) is 12.9. The molecule has 5 nitrogen and oxygen atoms in total. The van der Waals surface area contributed by atoms with Crippen LogP contribution in [0, 0.1) is 0 Å². The lowest BCUT2D eigenvalue weighted by molar-refractivity contribution is 0.380. The van der Waals surface area contributed by atoms with Crippen molar-refractivity contribution in [2.75, 3.05) is 12.8 Å². The number of hydrogen-bond donors (Lipinski definition) is 1. The fourth-order valence-electron chi connectivity index (χ4n) is 1.27. The Morgan fingerprint density at radius 1 is 1.56 bits per heavy atom. The van der Waals surface area contributed by atoms with E-state index in [-0.39, 0.29) is 16.8 Å². The molecule has 0 saturated heterocycles. The third-order valence-electron chi connectivity index (χ3n) is 2.67. The fraction of sp³-hybridized carbons (Fsp3) is 0.500. The highest BCUT2D eigenvalue weighted by atomic mass is 32.2. The van der Waals surface area contributed by atoms with Crippen molar-refractivity contribution >= 4 is 15.8 Å². The Morgan fingerprint density at radius 2 is 2.19 bits per heavy atom. The van der Waals surface area contributed by atoms with Crippen LogP contribution in [-0.4, -0.2) is 30.8 Å². The van der Waals surface area contributed by atoms with E-state index in [0.29, 0.717) is 0 Å². The summed E-state index contributed by atoms with van der Waals surface area (Å²) in [4.78, 5) is 3.85. The van der Waals surface area contributed by atoms with Gasteiger partial charge in [0.1, 0.15) is 10.7 Å². The van der Waals surface area contributed by atoms with Gasteiger partial charge in [0.25, 0.3) is 0 Å². The van der Waals surface area contributed by atoms with E-state index >= 15 is 0 Å². The number of anilines is 1. The Morgan fingerprint density at radius 3 is 2.69 bits per heavy atom. The maximum atomic E-state index is 12.2. The zero-order valence-electron chi connectivity index (χ0n) is 9.71. The number of nitrogens with zero attached hydrogens (tertiary/aromatic N) is 2. The van der Waals surface area contributed by atoms with E-state index in [1.165, 1.54) is 16.6 Å². The van der Waals surface area contributed by atoms with Crippen LogP contribution in [0.3, 0.4) is 0 Å². The van der Waals surface area contributed by atoms with Gasteiger partial charge in [0.15, 0.2) is 0 Å². The van der Waals surface area contributed by atoms with Crippen molar-refractivity contribution in [3.63, 3.8) is 0 Å². The molecule has 0 aliphatic rings. The number of rotatable bonds is 4. The van der Waals surface area contributed by atoms with Gasteiger partial charge in [-0.05, 0) is 25.5 Å². The molecule has 2 N–H and O–H groups in total. The number of hydrogen-bond acceptors (Lipinski definition) is 4. The minimum Gasteiger partial charge on any atom is -0.383 e. The lowest BCUT2D eigenvalue weighted by Gasteiger charge is -2.23. The summed E-state index contributed by atoms with van der Waals surface area (Å²) in [6.07, 6.45) is 2.22. The van der Waals surface area contributed by atoms with Crippen molar-refractivity contribution in [1.82, 2.24) is 9.29 Å². The molecule has 1 unspecified atom stereocenters. The molecule has 0 saturated carbocycles. The van der Waals surface area contributed by atoms with Crippen LogP contribution in [0.2, 0.25) is 0 Å². The molecule has 0 bridgehead atoms. The molecule has 1 atom stereocenters. The topological polar surface area (TPSA) is 76.3 Å². The summed E-state index contributed by atoms with van der Waals surface area (Å²) < 4.78 is 25.6. The first-order valence-electron chi connectivity index (χ1n) is 5.09. The molecular weight excluding hydrogens is 226 g/mol. The van der Waals surface area contributed by atoms with Crippen molar-refractivity contribution in [2.24, 2.45) is 0 Å². The zero-order chi connectivity index (χ0) is 12.3. The van der Waals surface area contributed by atoms with E-state index in [4.69, 9.17) is 5.73 Å². The van der Waals surface area contributed by atoms with Gasteiger partial charge < -0.3 is 5.73 Å². The minimum atomic E-state index is -3.54. The third kappa shape index (κ3) is 2.33. The summed E-state index contributed by atoms with van der Waals surface area (Å²) >= 11 is 0. The van der Waals surface area contributed by atoms with Crippen LogP contribution in [-0.2, 0) is 10.0 Å². The zero-order valence-corrected chi connectivity index (χ0v) is 10.5. The van der Waals surface area contributed by atoms with E-state index in [2.05, 4.69) is 4.98 Å². The van der Waals surface area contributed by atoms with Crippen LogP contribution in [0.5, 0.6) is 0 Å². The lowest BCUT2D eigenvalue weighted by Crippen LogP contribution is -2.35. The van der Waals surface area contributed by atoms with E-state index in [1.54, 1.807) is 13.1 Å². The molecule has 0 radical (unpaired) electrons. The highest BCUT2D eigenvalue weighted by Crippen LogP contribution is 2.21. The third-order valence-corrected chi connectivity index (χ3v) is 4.69. The van der Waals surface area contributed by atoms with Crippen molar-refractivity contribution in [1.29, 1.82) is 0 Å². The Labute approximate surface area is 96.3 Å². The summed E-state index contributed by atoms with van der Waals surface area (Å²) in [5.74, 6) is 0.0395. The van der Waals surface area contributed by atoms with Gasteiger partial charge >= 0.3 is 0 Å². The van der Waals surface area contributed by atoms with Gasteiger partial charge in [-0.3, -0.25) is 0 Å². The average molecular weight is 243 g/mol. The lowest BCUT2D eigenvalue weighted by atomic mass is 10.3. The molecule has 0 amide bonds. The van der Waals surface area contributed by atoms with Crippen molar-refractivity contribution in [3.8, 4) is 0 Å². The van der Waals surface area contributed by atoms with Crippen molar-refractivity contribution in [2.45, 2.75) is 31.2 Å². The second-order valence-corrected chi connectivity index (χ2v) is 5.63. The molecular formula is C10H17N3O2S. The smallest absolute Gasteiger partial charge is 0.246 e. The van der Waals surface area contributed by atoms with E-state index in [1.807, 2.05) is 13.8 Å². The average Bonchev–Trinajstić information content (AvgIpc) is 2.27. The van der Waals surface area contributed by atoms with E-state index in [0.717, 1.165) is 6.42 Å². The van der Waals surface area contributed by atoms with Crippen molar-refractivity contribution in [3.05, 3.63) is 18.3 Å². The summed E-state index contributed by atoms with van der Waals surface area (Å²) in [5.41, 5.74) is 5.57. The molecule has 1 rings (SSSR count). The molecule has 16 heavy (non-hydrogen) atoms. The van der Waals surface area contributed by atoms with Crippen LogP contribution < -0.4 is 5.73 Å². The molecule has 0 aromatic carbocycles. The van der Waals surface area contributed by atoms with Gasteiger partial charge in [0.2, 0.25) is 10.0 Å². The number of aromatic nitrogens is 1. The van der Waals surface area contributed by atoms with E-state index < -0.39 is 10.0 Å². The molecule has 6 heteroatoms. The second kappa shape index (κ2) is 4.80. The van der Waals surface area contributed by atoms with Gasteiger partial charge in [-0.25, -0.2) is 13.4 Å². The summed E-state index contributed by atoms with van der Waals surface area (Å²) in [6.45, 7) is 3.79. The standard InChI is InChI=1S/C10H17N3O2S/c1-4-8(2)13(3)16(14,15)9-6-5-7-12-10(9)11/h5-8H,4H2,1-3H3,(H2,11,12). The largest absolute Gasteiger partial charge is 0.383 e. The highest BCUT2D eigenvalue weighted by molar-refractivity contribution is 7.89. The first-order valence-corrected chi connectivity index (χ1v) is 6.53.